The Kier molecular flexibility index (Phi) is 8.97. The van der Waals surface area contributed by atoms with Gasteiger partial charge in [0.15, 0.2) is 17.5 Å². The molecule has 0 fully saturated rings. The molecule has 3 aromatic heterocycles. The van der Waals surface area contributed by atoms with Crippen LogP contribution >= 0.6 is 11.3 Å². The molecule has 0 aliphatic rings. The van der Waals surface area contributed by atoms with Crippen molar-refractivity contribution in [3.05, 3.63) is 267 Å². The molecule has 0 saturated heterocycles. The second kappa shape index (κ2) is 18.2. The smallest absolute Gasteiger partial charge is 0.166 e. The average Bonchev–Trinajstić information content (AvgIpc) is 3.90. The fraction of sp³-hybridized carbons (Fsp3) is 0. The van der Waals surface area contributed by atoms with Gasteiger partial charge in [0.25, 0.3) is 0 Å². The highest BCUT2D eigenvalue weighted by molar-refractivity contribution is 7.26. The van der Waals surface area contributed by atoms with Crippen LogP contribution in [0.3, 0.4) is 0 Å². The zero-order valence-electron chi connectivity index (χ0n) is 46.6. The van der Waals surface area contributed by atoms with E-state index in [-0.39, 0.29) is 57.8 Å². The number of para-hydroxylation sites is 3. The van der Waals surface area contributed by atoms with Crippen molar-refractivity contribution in [2.24, 2.45) is 0 Å². The van der Waals surface area contributed by atoms with Crippen LogP contribution in [-0.4, -0.2) is 19.5 Å². The molecule has 11 aromatic carbocycles. The van der Waals surface area contributed by atoms with Gasteiger partial charge in [-0.2, -0.15) is 0 Å². The lowest BCUT2D eigenvalue weighted by atomic mass is 9.93. The summed E-state index contributed by atoms with van der Waals surface area (Å²) in [6, 6.07) is 73.7. The lowest BCUT2D eigenvalue weighted by molar-refractivity contribution is 1.06. The zero-order chi connectivity index (χ0) is 55.0. The Balaban J connectivity index is 0.978. The molecule has 0 unspecified atom stereocenters. The van der Waals surface area contributed by atoms with Gasteiger partial charge < -0.3 is 4.57 Å². The van der Waals surface area contributed by atoms with E-state index in [1.807, 2.05) is 84.9 Å². The second-order valence-corrected chi connectivity index (χ2v) is 19.3. The number of hydrogen-bond donors (Lipinski definition) is 0. The Labute approximate surface area is 442 Å². The molecule has 5 heteroatoms. The van der Waals surface area contributed by atoms with Crippen LogP contribution in [-0.2, 0) is 0 Å². The van der Waals surface area contributed by atoms with Gasteiger partial charge in [-0.05, 0) is 122 Å². The molecule has 0 bridgehead atoms. The minimum Gasteiger partial charge on any atom is -0.309 e. The molecule has 14 aromatic rings. The Hall–Kier alpha value is -9.55. The molecule has 0 amide bonds. The second-order valence-electron chi connectivity index (χ2n) is 18.2. The minimum atomic E-state index is -0.471. The van der Waals surface area contributed by atoms with Crippen molar-refractivity contribution >= 4 is 53.3 Å². The molecule has 0 atom stereocenters. The summed E-state index contributed by atoms with van der Waals surface area (Å²) >= 11 is 1.77. The van der Waals surface area contributed by atoms with E-state index in [1.54, 1.807) is 22.0 Å². The molecule has 3 heterocycles. The maximum absolute atomic E-state index is 9.32. The predicted octanol–water partition coefficient (Wildman–Crippen LogP) is 18.7. The van der Waals surface area contributed by atoms with Crippen LogP contribution in [0.4, 0.5) is 0 Å². The molecule has 0 spiro atoms. The Morgan fingerprint density at radius 2 is 0.797 bits per heavy atom. The van der Waals surface area contributed by atoms with Crippen molar-refractivity contribution < 1.29 is 9.60 Å². The Morgan fingerprint density at radius 3 is 1.50 bits per heavy atom. The van der Waals surface area contributed by atoms with Crippen LogP contribution in [0.2, 0.25) is 0 Å². The lowest BCUT2D eigenvalue weighted by Crippen LogP contribution is -2.03. The standard InChI is InChI=1S/C69H44N4S/c1-4-19-45(20-5-1)49-37-38-65-61(44-49)59-33-18-32-56(66(59)74-65)50-26-17-28-52(40-50)68-70-67(71-69(72-68)60-31-12-15-36-64(60)73-62-34-13-10-29-57(62)58-30-11-14-35-63(58)73)51-27-16-25-48(39-51)55-42-53(46-21-6-2-7-22-46)41-54(43-55)47-23-8-3-9-24-47/h1-44H/i10D,11D,13D,29D,30D,34D,35D. The number of nitrogens with zero attached hydrogens (tertiary/aromatic N) is 4. The maximum atomic E-state index is 9.32. The normalized spacial score (nSPS) is 12.8. The molecule has 346 valence electrons. The van der Waals surface area contributed by atoms with Gasteiger partial charge in [-0.15, -0.1) is 11.3 Å². The highest BCUT2D eigenvalue weighted by Gasteiger charge is 2.21. The van der Waals surface area contributed by atoms with Gasteiger partial charge in [0.2, 0.25) is 0 Å². The van der Waals surface area contributed by atoms with Gasteiger partial charge in [-0.1, -0.05) is 200 Å². The first-order valence-electron chi connectivity index (χ1n) is 27.9. The van der Waals surface area contributed by atoms with Gasteiger partial charge in [0, 0.05) is 47.6 Å². The molecule has 0 aliphatic heterocycles. The summed E-state index contributed by atoms with van der Waals surface area (Å²) in [7, 11) is 0. The van der Waals surface area contributed by atoms with E-state index in [0.717, 1.165) is 71.5 Å². The van der Waals surface area contributed by atoms with Crippen molar-refractivity contribution in [1.82, 2.24) is 19.5 Å². The third kappa shape index (κ3) is 7.75. The summed E-state index contributed by atoms with van der Waals surface area (Å²) in [5.74, 6) is 1.05. The number of benzene rings is 11. The Bertz CT molecular complexity index is 4790. The zero-order valence-corrected chi connectivity index (χ0v) is 40.4. The van der Waals surface area contributed by atoms with Crippen LogP contribution in [0.15, 0.2) is 267 Å². The molecular weight excluding hydrogens is 917 g/mol. The van der Waals surface area contributed by atoms with Crippen LogP contribution in [0.1, 0.15) is 9.60 Å². The highest BCUT2D eigenvalue weighted by atomic mass is 32.1. The number of thiophene rings is 1. The monoisotopic (exact) mass is 967 g/mol. The summed E-state index contributed by atoms with van der Waals surface area (Å²) in [6.45, 7) is 0. The van der Waals surface area contributed by atoms with Crippen LogP contribution in [0.25, 0.3) is 137 Å². The maximum Gasteiger partial charge on any atom is 0.166 e. The van der Waals surface area contributed by atoms with Gasteiger partial charge >= 0.3 is 0 Å². The van der Waals surface area contributed by atoms with Gasteiger partial charge in [-0.25, -0.2) is 15.0 Å². The molecule has 14 rings (SSSR count). The minimum absolute atomic E-state index is 0.0566. The van der Waals surface area contributed by atoms with E-state index < -0.39 is 12.1 Å². The summed E-state index contributed by atoms with van der Waals surface area (Å²) in [4.78, 5) is 15.9. The Morgan fingerprint density at radius 1 is 0.311 bits per heavy atom. The largest absolute Gasteiger partial charge is 0.309 e. The molecule has 4 nitrogen and oxygen atoms in total. The van der Waals surface area contributed by atoms with E-state index >= 15 is 0 Å². The summed E-state index contributed by atoms with van der Waals surface area (Å²) in [5, 5.41) is 2.51. The predicted molar refractivity (Wildman–Crippen MR) is 311 cm³/mol. The summed E-state index contributed by atoms with van der Waals surface area (Å²) in [5.41, 5.74) is 13.3. The molecule has 74 heavy (non-hydrogen) atoms. The van der Waals surface area contributed by atoms with E-state index in [1.165, 1.54) is 21.5 Å². The summed E-state index contributed by atoms with van der Waals surface area (Å²) < 4.78 is 67.0. The van der Waals surface area contributed by atoms with Crippen LogP contribution in [0.5, 0.6) is 0 Å². The third-order valence-electron chi connectivity index (χ3n) is 13.7. The number of rotatable bonds is 9. The molecule has 0 aliphatic carbocycles. The fourth-order valence-corrected chi connectivity index (χ4v) is 11.4. The van der Waals surface area contributed by atoms with Crippen LogP contribution < -0.4 is 0 Å². The van der Waals surface area contributed by atoms with E-state index in [4.69, 9.17) is 21.8 Å². The molecule has 0 N–H and O–H groups in total. The molecule has 0 radical (unpaired) electrons. The molecular formula is C69H44N4S. The average molecular weight is 968 g/mol. The number of fused-ring (bicyclic) bond motifs is 6. The van der Waals surface area contributed by atoms with Crippen molar-refractivity contribution in [2.75, 3.05) is 0 Å². The molecule has 0 saturated carbocycles. The van der Waals surface area contributed by atoms with E-state index in [2.05, 4.69) is 127 Å². The summed E-state index contributed by atoms with van der Waals surface area (Å²) in [6.07, 6.45) is 0. The van der Waals surface area contributed by atoms with Crippen molar-refractivity contribution in [3.8, 4) is 95.5 Å². The van der Waals surface area contributed by atoms with Gasteiger partial charge in [-0.3, -0.25) is 0 Å². The third-order valence-corrected chi connectivity index (χ3v) is 15.0. The highest BCUT2D eigenvalue weighted by Crippen LogP contribution is 2.43. The lowest BCUT2D eigenvalue weighted by Gasteiger charge is -2.15. The van der Waals surface area contributed by atoms with Gasteiger partial charge in [0.05, 0.1) is 26.3 Å². The van der Waals surface area contributed by atoms with E-state index in [0.29, 0.717) is 22.9 Å². The quantitative estimate of drug-likeness (QED) is 0.145. The van der Waals surface area contributed by atoms with Crippen molar-refractivity contribution in [3.63, 3.8) is 0 Å². The first kappa shape index (κ1) is 36.4. The SMILES string of the molecule is [2H]c1cc([2H])c2c(c1[2H])c1c([2H])c([2H])c([2H])c([2H])c1n2-c1ccccc1-c1nc(-c2cccc(-c3cc(-c4ccccc4)cc(-c4ccccc4)c3)c2)nc(-c2cccc(-c3cccc4c3sc3ccc(-c5ccccc5)cc34)c2)n1. The fourth-order valence-electron chi connectivity index (χ4n) is 10.2. The van der Waals surface area contributed by atoms with Crippen molar-refractivity contribution in [2.45, 2.75) is 0 Å². The van der Waals surface area contributed by atoms with Gasteiger partial charge in [0.1, 0.15) is 0 Å². The van der Waals surface area contributed by atoms with E-state index in [9.17, 15) is 2.74 Å². The number of hydrogen-bond acceptors (Lipinski definition) is 4. The van der Waals surface area contributed by atoms with Crippen LogP contribution in [0, 0.1) is 0 Å². The number of aromatic nitrogens is 4. The van der Waals surface area contributed by atoms with Crippen molar-refractivity contribution in [1.29, 1.82) is 0 Å². The first-order valence-corrected chi connectivity index (χ1v) is 25.2. The topological polar surface area (TPSA) is 43.6 Å². The first-order chi connectivity index (χ1) is 39.6.